The topological polar surface area (TPSA) is 3.88 Å². The molecule has 1 aromatic heterocycles. The van der Waals surface area contributed by atoms with Crippen LogP contribution in [0.1, 0.15) is 12.0 Å². The van der Waals surface area contributed by atoms with Gasteiger partial charge in [0.05, 0.1) is 0 Å². The molecule has 0 aliphatic heterocycles. The molecule has 1 nitrogen and oxygen atoms in total. The van der Waals surface area contributed by atoms with Crippen LogP contribution in [-0.4, -0.2) is 5.75 Å². The molecule has 1 aromatic rings. The van der Waals surface area contributed by atoms with E-state index < -0.39 is 0 Å². The van der Waals surface area contributed by atoms with E-state index in [4.69, 9.17) is 0 Å². The highest BCUT2D eigenvalue weighted by atomic mass is 32.1. The molecule has 0 aliphatic carbocycles. The van der Waals surface area contributed by atoms with Crippen LogP contribution in [0.15, 0.2) is 24.5 Å². The maximum absolute atomic E-state index is 4.16. The van der Waals surface area contributed by atoms with E-state index in [1.54, 1.807) is 0 Å². The molecule has 0 radical (unpaired) electrons. The molecular formula is C9H14NS+. The Morgan fingerprint density at radius 3 is 2.55 bits per heavy atom. The summed E-state index contributed by atoms with van der Waals surface area (Å²) in [7, 11) is 0. The average molecular weight is 168 g/mol. The van der Waals surface area contributed by atoms with E-state index in [2.05, 4.69) is 48.6 Å². The standard InChI is InChI=1S/C9H13NS/c1-9-3-6-10(7-4-9)5-2-8-11/h3-4,6-7H,2,5,8H2,1H3/p+1. The van der Waals surface area contributed by atoms with Crippen molar-refractivity contribution in [3.8, 4) is 0 Å². The Kier molecular flexibility index (Phi) is 3.43. The number of nitrogens with zero attached hydrogens (tertiary/aromatic N) is 1. The molecule has 0 amide bonds. The molecule has 0 saturated heterocycles. The summed E-state index contributed by atoms with van der Waals surface area (Å²) in [6.45, 7) is 3.17. The van der Waals surface area contributed by atoms with E-state index in [0.29, 0.717) is 0 Å². The van der Waals surface area contributed by atoms with Gasteiger partial charge in [0.25, 0.3) is 0 Å². The Balaban J connectivity index is 2.52. The van der Waals surface area contributed by atoms with Crippen molar-refractivity contribution in [3.05, 3.63) is 30.1 Å². The minimum atomic E-state index is 0.959. The lowest BCUT2D eigenvalue weighted by Crippen LogP contribution is -2.32. The normalized spacial score (nSPS) is 10.0. The average Bonchev–Trinajstić information content (AvgIpc) is 2.04. The third-order valence-electron chi connectivity index (χ3n) is 1.63. The molecule has 0 aromatic carbocycles. The zero-order valence-corrected chi connectivity index (χ0v) is 7.72. The maximum atomic E-state index is 4.16. The second kappa shape index (κ2) is 4.39. The quantitative estimate of drug-likeness (QED) is 0.516. The summed E-state index contributed by atoms with van der Waals surface area (Å²) in [6, 6.07) is 4.25. The molecule has 1 heterocycles. The number of aromatic nitrogens is 1. The van der Waals surface area contributed by atoms with E-state index in [0.717, 1.165) is 18.7 Å². The SMILES string of the molecule is Cc1cc[n+](CCCS)cc1. The fourth-order valence-corrected chi connectivity index (χ4v) is 1.08. The van der Waals surface area contributed by atoms with Crippen LogP contribution in [0.5, 0.6) is 0 Å². The number of aryl methyl sites for hydroxylation is 2. The van der Waals surface area contributed by atoms with Crippen molar-refractivity contribution in [2.75, 3.05) is 5.75 Å². The zero-order valence-electron chi connectivity index (χ0n) is 6.83. The first kappa shape index (κ1) is 8.60. The number of pyridine rings is 1. The van der Waals surface area contributed by atoms with Gasteiger partial charge in [-0.05, 0) is 18.2 Å². The van der Waals surface area contributed by atoms with Crippen LogP contribution in [-0.2, 0) is 6.54 Å². The summed E-state index contributed by atoms with van der Waals surface area (Å²) in [5, 5.41) is 0. The van der Waals surface area contributed by atoms with Crippen molar-refractivity contribution in [1.29, 1.82) is 0 Å². The summed E-state index contributed by atoms with van der Waals surface area (Å²) in [5.74, 6) is 0.959. The molecule has 0 unspecified atom stereocenters. The van der Waals surface area contributed by atoms with Crippen LogP contribution >= 0.6 is 12.6 Å². The predicted molar refractivity (Wildman–Crippen MR) is 49.8 cm³/mol. The third kappa shape index (κ3) is 2.93. The summed E-state index contributed by atoms with van der Waals surface area (Å²) in [4.78, 5) is 0. The number of hydrogen-bond acceptors (Lipinski definition) is 1. The molecule has 2 heteroatoms. The van der Waals surface area contributed by atoms with Gasteiger partial charge >= 0.3 is 0 Å². The first-order chi connectivity index (χ1) is 5.33. The summed E-state index contributed by atoms with van der Waals surface area (Å²) in [5.41, 5.74) is 1.31. The smallest absolute Gasteiger partial charge is 0.169 e. The Morgan fingerprint density at radius 1 is 1.36 bits per heavy atom. The predicted octanol–water partition coefficient (Wildman–Crippen LogP) is 1.60. The monoisotopic (exact) mass is 168 g/mol. The lowest BCUT2D eigenvalue weighted by Gasteiger charge is -1.94. The first-order valence-electron chi connectivity index (χ1n) is 3.89. The Morgan fingerprint density at radius 2 is 2.00 bits per heavy atom. The second-order valence-electron chi connectivity index (χ2n) is 2.69. The Bertz CT molecular complexity index is 205. The lowest BCUT2D eigenvalue weighted by molar-refractivity contribution is -0.696. The molecule has 0 spiro atoms. The van der Waals surface area contributed by atoms with E-state index >= 15 is 0 Å². The molecule has 0 fully saturated rings. The van der Waals surface area contributed by atoms with Gasteiger partial charge in [-0.3, -0.25) is 0 Å². The highest BCUT2D eigenvalue weighted by molar-refractivity contribution is 7.80. The van der Waals surface area contributed by atoms with E-state index in [-0.39, 0.29) is 0 Å². The summed E-state index contributed by atoms with van der Waals surface area (Å²) in [6.07, 6.45) is 5.36. The molecule has 11 heavy (non-hydrogen) atoms. The fourth-order valence-electron chi connectivity index (χ4n) is 0.934. The molecule has 0 N–H and O–H groups in total. The van der Waals surface area contributed by atoms with Gasteiger partial charge in [-0.1, -0.05) is 0 Å². The third-order valence-corrected chi connectivity index (χ3v) is 1.95. The van der Waals surface area contributed by atoms with Gasteiger partial charge in [-0.25, -0.2) is 4.57 Å². The Hall–Kier alpha value is -0.500. The van der Waals surface area contributed by atoms with Crippen LogP contribution in [0.25, 0.3) is 0 Å². The van der Waals surface area contributed by atoms with Crippen LogP contribution in [0, 0.1) is 6.92 Å². The van der Waals surface area contributed by atoms with Gasteiger partial charge < -0.3 is 0 Å². The van der Waals surface area contributed by atoms with Gasteiger partial charge in [0, 0.05) is 18.6 Å². The van der Waals surface area contributed by atoms with Crippen molar-refractivity contribution in [3.63, 3.8) is 0 Å². The molecule has 0 bridgehead atoms. The zero-order chi connectivity index (χ0) is 8.10. The molecule has 60 valence electrons. The molecule has 0 aliphatic rings. The second-order valence-corrected chi connectivity index (χ2v) is 3.14. The molecule has 0 atom stereocenters. The van der Waals surface area contributed by atoms with Gasteiger partial charge in [0.2, 0.25) is 0 Å². The Labute approximate surface area is 73.5 Å². The number of hydrogen-bond donors (Lipinski definition) is 1. The van der Waals surface area contributed by atoms with Gasteiger partial charge in [-0.15, -0.1) is 0 Å². The van der Waals surface area contributed by atoms with E-state index in [1.165, 1.54) is 5.56 Å². The van der Waals surface area contributed by atoms with Gasteiger partial charge in [0.1, 0.15) is 6.54 Å². The van der Waals surface area contributed by atoms with Gasteiger partial charge in [-0.2, -0.15) is 12.6 Å². The van der Waals surface area contributed by atoms with Crippen LogP contribution in [0.4, 0.5) is 0 Å². The summed E-state index contributed by atoms with van der Waals surface area (Å²) >= 11 is 4.16. The molecular weight excluding hydrogens is 154 g/mol. The van der Waals surface area contributed by atoms with Crippen molar-refractivity contribution in [2.45, 2.75) is 19.9 Å². The van der Waals surface area contributed by atoms with E-state index in [1.807, 2.05) is 0 Å². The molecule has 1 rings (SSSR count). The number of rotatable bonds is 3. The lowest BCUT2D eigenvalue weighted by atomic mass is 10.3. The highest BCUT2D eigenvalue weighted by Gasteiger charge is 1.96. The van der Waals surface area contributed by atoms with Crippen molar-refractivity contribution in [2.24, 2.45) is 0 Å². The van der Waals surface area contributed by atoms with Crippen LogP contribution in [0.3, 0.4) is 0 Å². The van der Waals surface area contributed by atoms with Crippen molar-refractivity contribution in [1.82, 2.24) is 0 Å². The largest absolute Gasteiger partial charge is 0.205 e. The summed E-state index contributed by atoms with van der Waals surface area (Å²) < 4.78 is 2.18. The van der Waals surface area contributed by atoms with E-state index in [9.17, 15) is 0 Å². The van der Waals surface area contributed by atoms with Crippen LogP contribution < -0.4 is 4.57 Å². The minimum Gasteiger partial charge on any atom is -0.205 e. The number of thiol groups is 1. The minimum absolute atomic E-state index is 0.959. The fraction of sp³-hybridized carbons (Fsp3) is 0.444. The van der Waals surface area contributed by atoms with Crippen molar-refractivity contribution >= 4 is 12.6 Å². The highest BCUT2D eigenvalue weighted by Crippen LogP contribution is 1.90. The van der Waals surface area contributed by atoms with Gasteiger partial charge in [0.15, 0.2) is 12.4 Å². The van der Waals surface area contributed by atoms with Crippen LogP contribution in [0.2, 0.25) is 0 Å². The first-order valence-corrected chi connectivity index (χ1v) is 4.53. The maximum Gasteiger partial charge on any atom is 0.169 e. The molecule has 0 saturated carbocycles. The van der Waals surface area contributed by atoms with Crippen molar-refractivity contribution < 1.29 is 4.57 Å².